The monoisotopic (exact) mass is 325 g/mol. The van der Waals surface area contributed by atoms with Crippen LogP contribution >= 0.6 is 12.4 Å². The number of aromatic hydroxyl groups is 1. The summed E-state index contributed by atoms with van der Waals surface area (Å²) < 4.78 is 42.3. The minimum Gasteiger partial charge on any atom is -0.504 e. The molecule has 0 radical (unpaired) electrons. The molecule has 1 heterocycles. The Labute approximate surface area is 128 Å². The Bertz CT molecular complexity index is 434. The van der Waals surface area contributed by atoms with Crippen molar-refractivity contribution in [1.29, 1.82) is 0 Å². The Morgan fingerprint density at radius 3 is 2.38 bits per heavy atom. The number of ether oxygens (including phenoxy) is 1. The zero-order valence-corrected chi connectivity index (χ0v) is 12.3. The van der Waals surface area contributed by atoms with Crippen LogP contribution in [0.3, 0.4) is 0 Å². The third-order valence-electron chi connectivity index (χ3n) is 3.45. The summed E-state index contributed by atoms with van der Waals surface area (Å²) in [5, 5.41) is 9.55. The standard InChI is InChI=1S/C14H18F3NO2.ClH/c15-14(16,17)10-18-7-5-11(6-8-18)9-20-13-4-2-1-3-12(13)19;/h1-4,11,19H,5-10H2;1H. The number of hydrogen-bond acceptors (Lipinski definition) is 3. The van der Waals surface area contributed by atoms with Crippen LogP contribution in [0.2, 0.25) is 0 Å². The fourth-order valence-corrected chi connectivity index (χ4v) is 2.35. The van der Waals surface area contributed by atoms with Gasteiger partial charge in [-0.25, -0.2) is 0 Å². The van der Waals surface area contributed by atoms with Gasteiger partial charge in [-0.3, -0.25) is 4.90 Å². The molecule has 21 heavy (non-hydrogen) atoms. The first kappa shape index (κ1) is 17.9. The van der Waals surface area contributed by atoms with Crippen molar-refractivity contribution in [3.63, 3.8) is 0 Å². The molecule has 0 aliphatic carbocycles. The van der Waals surface area contributed by atoms with Crippen LogP contribution in [0.15, 0.2) is 24.3 Å². The number of halogens is 4. The maximum Gasteiger partial charge on any atom is 0.401 e. The average Bonchev–Trinajstić information content (AvgIpc) is 2.38. The van der Waals surface area contributed by atoms with Crippen LogP contribution in [-0.4, -0.2) is 42.4 Å². The molecular weight excluding hydrogens is 307 g/mol. The summed E-state index contributed by atoms with van der Waals surface area (Å²) in [5.41, 5.74) is 0. The highest BCUT2D eigenvalue weighted by Crippen LogP contribution is 2.27. The third-order valence-corrected chi connectivity index (χ3v) is 3.45. The molecule has 0 atom stereocenters. The van der Waals surface area contributed by atoms with Crippen molar-refractivity contribution in [2.24, 2.45) is 5.92 Å². The van der Waals surface area contributed by atoms with E-state index in [1.165, 1.54) is 4.90 Å². The second-order valence-corrected chi connectivity index (χ2v) is 5.11. The molecule has 1 aliphatic heterocycles. The lowest BCUT2D eigenvalue weighted by molar-refractivity contribution is -0.148. The van der Waals surface area contributed by atoms with E-state index in [-0.39, 0.29) is 24.1 Å². The van der Waals surface area contributed by atoms with Crippen molar-refractivity contribution in [3.05, 3.63) is 24.3 Å². The average molecular weight is 326 g/mol. The normalized spacial score (nSPS) is 17.3. The molecule has 0 bridgehead atoms. The number of phenolic OH excluding ortho intramolecular Hbond substituents is 1. The van der Waals surface area contributed by atoms with Gasteiger partial charge in [0.25, 0.3) is 0 Å². The van der Waals surface area contributed by atoms with Gasteiger partial charge in [0.05, 0.1) is 13.2 Å². The zero-order valence-electron chi connectivity index (χ0n) is 11.5. The second kappa shape index (κ2) is 7.75. The lowest BCUT2D eigenvalue weighted by Gasteiger charge is -2.32. The molecule has 0 unspecified atom stereocenters. The lowest BCUT2D eigenvalue weighted by Crippen LogP contribution is -2.41. The summed E-state index contributed by atoms with van der Waals surface area (Å²) in [5.74, 6) is 0.742. The number of para-hydroxylation sites is 2. The van der Waals surface area contributed by atoms with E-state index in [1.54, 1.807) is 24.3 Å². The van der Waals surface area contributed by atoms with Crippen LogP contribution in [0.25, 0.3) is 0 Å². The summed E-state index contributed by atoms with van der Waals surface area (Å²) in [6, 6.07) is 6.69. The molecule has 2 rings (SSSR count). The second-order valence-electron chi connectivity index (χ2n) is 5.11. The van der Waals surface area contributed by atoms with Gasteiger partial charge in [0.15, 0.2) is 11.5 Å². The molecule has 0 aromatic heterocycles. The summed E-state index contributed by atoms with van der Waals surface area (Å²) >= 11 is 0. The highest BCUT2D eigenvalue weighted by atomic mass is 35.5. The predicted octanol–water partition coefficient (Wildman–Crippen LogP) is 3.47. The van der Waals surface area contributed by atoms with E-state index < -0.39 is 12.7 Å². The number of nitrogens with zero attached hydrogens (tertiary/aromatic N) is 1. The topological polar surface area (TPSA) is 32.7 Å². The summed E-state index contributed by atoms with van der Waals surface area (Å²) in [7, 11) is 0. The molecule has 3 nitrogen and oxygen atoms in total. The summed E-state index contributed by atoms with van der Waals surface area (Å²) in [6.45, 7) is 0.472. The number of likely N-dealkylation sites (tertiary alicyclic amines) is 1. The Morgan fingerprint density at radius 1 is 1.19 bits per heavy atom. The molecule has 1 aliphatic rings. The van der Waals surface area contributed by atoms with Crippen LogP contribution in [-0.2, 0) is 0 Å². The van der Waals surface area contributed by atoms with E-state index in [0.29, 0.717) is 38.3 Å². The van der Waals surface area contributed by atoms with Gasteiger partial charge in [-0.1, -0.05) is 12.1 Å². The molecular formula is C14H19ClF3NO2. The van der Waals surface area contributed by atoms with Gasteiger partial charge >= 0.3 is 6.18 Å². The van der Waals surface area contributed by atoms with E-state index >= 15 is 0 Å². The SMILES string of the molecule is Cl.Oc1ccccc1OCC1CCN(CC(F)(F)F)CC1. The summed E-state index contributed by atoms with van der Waals surface area (Å²) in [4.78, 5) is 1.43. The van der Waals surface area contributed by atoms with Crippen molar-refractivity contribution in [1.82, 2.24) is 4.90 Å². The molecule has 1 saturated heterocycles. The molecule has 0 amide bonds. The lowest BCUT2D eigenvalue weighted by atomic mass is 9.98. The fourth-order valence-electron chi connectivity index (χ4n) is 2.35. The molecule has 120 valence electrons. The highest BCUT2D eigenvalue weighted by Gasteiger charge is 2.32. The summed E-state index contributed by atoms with van der Waals surface area (Å²) in [6.07, 6.45) is -2.76. The molecule has 0 spiro atoms. The minimum absolute atomic E-state index is 0. The quantitative estimate of drug-likeness (QED) is 0.920. The first-order valence-corrected chi connectivity index (χ1v) is 6.64. The Morgan fingerprint density at radius 2 is 1.81 bits per heavy atom. The molecule has 1 fully saturated rings. The van der Waals surface area contributed by atoms with E-state index in [9.17, 15) is 18.3 Å². The first-order valence-electron chi connectivity index (χ1n) is 6.64. The van der Waals surface area contributed by atoms with Gasteiger partial charge in [0.1, 0.15) is 0 Å². The van der Waals surface area contributed by atoms with Crippen LogP contribution < -0.4 is 4.74 Å². The van der Waals surface area contributed by atoms with Crippen molar-refractivity contribution in [3.8, 4) is 11.5 Å². The largest absolute Gasteiger partial charge is 0.504 e. The number of piperidine rings is 1. The van der Waals surface area contributed by atoms with E-state index in [1.807, 2.05) is 0 Å². The van der Waals surface area contributed by atoms with Crippen molar-refractivity contribution in [2.75, 3.05) is 26.2 Å². The molecule has 1 aromatic rings. The van der Waals surface area contributed by atoms with Gasteiger partial charge in [0, 0.05) is 0 Å². The van der Waals surface area contributed by atoms with Gasteiger partial charge in [-0.15, -0.1) is 12.4 Å². The molecule has 1 N–H and O–H groups in total. The maximum absolute atomic E-state index is 12.3. The Balaban J connectivity index is 0.00000220. The van der Waals surface area contributed by atoms with Gasteiger partial charge in [-0.05, 0) is 44.0 Å². The van der Waals surface area contributed by atoms with E-state index in [2.05, 4.69) is 0 Å². The van der Waals surface area contributed by atoms with Crippen LogP contribution in [0.5, 0.6) is 11.5 Å². The van der Waals surface area contributed by atoms with Crippen LogP contribution in [0.1, 0.15) is 12.8 Å². The molecule has 1 aromatic carbocycles. The van der Waals surface area contributed by atoms with Gasteiger partial charge < -0.3 is 9.84 Å². The number of hydrogen-bond donors (Lipinski definition) is 1. The van der Waals surface area contributed by atoms with Crippen LogP contribution in [0, 0.1) is 5.92 Å². The number of phenols is 1. The van der Waals surface area contributed by atoms with Crippen molar-refractivity contribution in [2.45, 2.75) is 19.0 Å². The first-order chi connectivity index (χ1) is 9.44. The predicted molar refractivity (Wildman–Crippen MR) is 76.1 cm³/mol. The van der Waals surface area contributed by atoms with E-state index in [0.717, 1.165) is 0 Å². The smallest absolute Gasteiger partial charge is 0.401 e. The maximum atomic E-state index is 12.3. The van der Waals surface area contributed by atoms with Crippen molar-refractivity contribution >= 4 is 12.4 Å². The molecule has 7 heteroatoms. The Hall–Kier alpha value is -1.14. The van der Waals surface area contributed by atoms with Crippen molar-refractivity contribution < 1.29 is 23.0 Å². The fraction of sp³-hybridized carbons (Fsp3) is 0.571. The highest BCUT2D eigenvalue weighted by molar-refractivity contribution is 5.85. The van der Waals surface area contributed by atoms with E-state index in [4.69, 9.17) is 4.74 Å². The van der Waals surface area contributed by atoms with Gasteiger partial charge in [0.2, 0.25) is 0 Å². The number of rotatable bonds is 4. The molecule has 0 saturated carbocycles. The zero-order chi connectivity index (χ0) is 14.6. The number of benzene rings is 1. The minimum atomic E-state index is -4.13. The third kappa shape index (κ3) is 6.01. The number of alkyl halides is 3. The van der Waals surface area contributed by atoms with Gasteiger partial charge in [-0.2, -0.15) is 13.2 Å². The Kier molecular flexibility index (Phi) is 6.61. The van der Waals surface area contributed by atoms with Crippen LogP contribution in [0.4, 0.5) is 13.2 Å².